The summed E-state index contributed by atoms with van der Waals surface area (Å²) in [6.07, 6.45) is 7.18. The van der Waals surface area contributed by atoms with Gasteiger partial charge in [0.2, 0.25) is 0 Å². The molecule has 3 aromatic rings. The van der Waals surface area contributed by atoms with Crippen LogP contribution in [0.1, 0.15) is 35.0 Å². The predicted octanol–water partition coefficient (Wildman–Crippen LogP) is 2.84. The molecule has 0 radical (unpaired) electrons. The molecular weight excluding hydrogens is 442 g/mol. The quantitative estimate of drug-likeness (QED) is 0.482. The number of hydrogen-bond donors (Lipinski definition) is 1. The van der Waals surface area contributed by atoms with Crippen LogP contribution in [0.5, 0.6) is 5.75 Å². The Labute approximate surface area is 205 Å². The molecule has 0 bridgehead atoms. The van der Waals surface area contributed by atoms with Crippen LogP contribution in [0, 0.1) is 0 Å². The molecule has 1 aromatic carbocycles. The van der Waals surface area contributed by atoms with Crippen LogP contribution in [0.4, 0.5) is 0 Å². The number of nitrogens with one attached hydrogen (secondary N) is 1. The third-order valence-electron chi connectivity index (χ3n) is 6.23. The fourth-order valence-corrected chi connectivity index (χ4v) is 4.55. The fraction of sp³-hybridized carbons (Fsp3) is 0.370. The van der Waals surface area contributed by atoms with Gasteiger partial charge in [0.15, 0.2) is 0 Å². The van der Waals surface area contributed by atoms with Gasteiger partial charge < -0.3 is 14.6 Å². The second-order valence-corrected chi connectivity index (χ2v) is 8.83. The fourth-order valence-electron chi connectivity index (χ4n) is 4.55. The molecule has 1 aliphatic rings. The molecule has 1 aliphatic heterocycles. The molecule has 0 atom stereocenters. The molecule has 0 saturated carbocycles. The lowest BCUT2D eigenvalue weighted by molar-refractivity contribution is 0.0947. The van der Waals surface area contributed by atoms with Crippen LogP contribution in [0.15, 0.2) is 65.2 Å². The van der Waals surface area contributed by atoms with Crippen molar-refractivity contribution >= 4 is 12.0 Å². The first-order valence-electron chi connectivity index (χ1n) is 12.1. The van der Waals surface area contributed by atoms with Crippen LogP contribution in [0.3, 0.4) is 0 Å². The maximum Gasteiger partial charge on any atom is 0.256 e. The highest BCUT2D eigenvalue weighted by atomic mass is 16.5. The van der Waals surface area contributed by atoms with Crippen LogP contribution < -0.4 is 15.6 Å². The number of carbonyl (C=O) groups excluding carboxylic acids is 1. The first kappa shape index (κ1) is 24.5. The van der Waals surface area contributed by atoms with Gasteiger partial charge in [-0.15, -0.1) is 0 Å². The van der Waals surface area contributed by atoms with Crippen molar-refractivity contribution in [3.05, 3.63) is 87.6 Å². The number of pyridine rings is 1. The highest BCUT2D eigenvalue weighted by Crippen LogP contribution is 2.23. The van der Waals surface area contributed by atoms with E-state index >= 15 is 0 Å². The number of methoxy groups -OCH3 is 1. The zero-order chi connectivity index (χ0) is 24.6. The van der Waals surface area contributed by atoms with E-state index in [0.29, 0.717) is 30.8 Å². The number of benzene rings is 1. The average molecular weight is 476 g/mol. The van der Waals surface area contributed by atoms with E-state index in [1.165, 1.54) is 24.3 Å². The number of aryl methyl sites for hydroxylation is 1. The molecule has 1 amide bonds. The molecule has 2 aromatic heterocycles. The normalized spacial score (nSPS) is 14.3. The smallest absolute Gasteiger partial charge is 0.256 e. The zero-order valence-electron chi connectivity index (χ0n) is 20.4. The molecule has 0 aliphatic carbocycles. The van der Waals surface area contributed by atoms with Crippen molar-refractivity contribution in [1.29, 1.82) is 0 Å². The summed E-state index contributed by atoms with van der Waals surface area (Å²) >= 11 is 0. The molecule has 1 N–H and O–H groups in total. The van der Waals surface area contributed by atoms with Crippen LogP contribution in [-0.2, 0) is 19.5 Å². The molecule has 8 heteroatoms. The van der Waals surface area contributed by atoms with Crippen molar-refractivity contribution in [2.45, 2.75) is 32.9 Å². The molecule has 0 unspecified atom stereocenters. The van der Waals surface area contributed by atoms with Gasteiger partial charge in [0.1, 0.15) is 11.3 Å². The number of ether oxygens (including phenoxy) is 1. The summed E-state index contributed by atoms with van der Waals surface area (Å²) < 4.78 is 9.04. The Morgan fingerprint density at radius 3 is 2.74 bits per heavy atom. The van der Waals surface area contributed by atoms with E-state index in [1.54, 1.807) is 10.8 Å². The second-order valence-electron chi connectivity index (χ2n) is 8.83. The van der Waals surface area contributed by atoms with E-state index < -0.39 is 0 Å². The minimum absolute atomic E-state index is 0.134. The van der Waals surface area contributed by atoms with Crippen molar-refractivity contribution in [2.75, 3.05) is 33.3 Å². The number of carbonyl (C=O) groups is 1. The number of hydrogen-bond acceptors (Lipinski definition) is 5. The molecule has 3 heterocycles. The van der Waals surface area contributed by atoms with Gasteiger partial charge in [-0.3, -0.25) is 19.2 Å². The Bertz CT molecular complexity index is 1220. The second kappa shape index (κ2) is 11.7. The van der Waals surface area contributed by atoms with E-state index in [-0.39, 0.29) is 11.5 Å². The van der Waals surface area contributed by atoms with Gasteiger partial charge in [-0.2, -0.15) is 5.10 Å². The van der Waals surface area contributed by atoms with E-state index in [2.05, 4.69) is 40.4 Å². The summed E-state index contributed by atoms with van der Waals surface area (Å²) in [4.78, 5) is 28.4. The highest BCUT2D eigenvalue weighted by molar-refractivity contribution is 5.98. The average Bonchev–Trinajstić information content (AvgIpc) is 3.29. The Hall–Kier alpha value is -3.65. The number of aromatic nitrogens is 3. The Balaban J connectivity index is 1.46. The van der Waals surface area contributed by atoms with Crippen molar-refractivity contribution in [3.63, 3.8) is 0 Å². The lowest BCUT2D eigenvalue weighted by Gasteiger charge is -2.19. The van der Waals surface area contributed by atoms with Crippen molar-refractivity contribution in [3.8, 4) is 5.75 Å². The first-order chi connectivity index (χ1) is 17.0. The zero-order valence-corrected chi connectivity index (χ0v) is 20.4. The third-order valence-corrected chi connectivity index (χ3v) is 6.23. The largest absolute Gasteiger partial charge is 0.496 e. The summed E-state index contributed by atoms with van der Waals surface area (Å²) in [7, 11) is 1.50. The lowest BCUT2D eigenvalue weighted by Crippen LogP contribution is -2.32. The summed E-state index contributed by atoms with van der Waals surface area (Å²) in [5.74, 6) is 0.124. The van der Waals surface area contributed by atoms with Crippen molar-refractivity contribution < 1.29 is 9.53 Å². The monoisotopic (exact) mass is 475 g/mol. The summed E-state index contributed by atoms with van der Waals surface area (Å²) in [6.45, 7) is 6.20. The number of amides is 1. The van der Waals surface area contributed by atoms with Crippen molar-refractivity contribution in [2.24, 2.45) is 0 Å². The van der Waals surface area contributed by atoms with Gasteiger partial charge in [-0.1, -0.05) is 42.0 Å². The minimum Gasteiger partial charge on any atom is -0.496 e. The minimum atomic E-state index is -0.209. The molecule has 4 rings (SSSR count). The van der Waals surface area contributed by atoms with Crippen LogP contribution in [-0.4, -0.2) is 58.4 Å². The summed E-state index contributed by atoms with van der Waals surface area (Å²) in [5, 5.41) is 7.18. The van der Waals surface area contributed by atoms with Gasteiger partial charge in [0.25, 0.3) is 11.5 Å². The summed E-state index contributed by atoms with van der Waals surface area (Å²) in [6, 6.07) is 13.6. The molecule has 0 saturated heterocycles. The van der Waals surface area contributed by atoms with E-state index in [9.17, 15) is 9.59 Å². The molecular formula is C27H33N5O3. The van der Waals surface area contributed by atoms with E-state index in [1.807, 2.05) is 35.1 Å². The Morgan fingerprint density at radius 2 is 2.00 bits per heavy atom. The lowest BCUT2D eigenvalue weighted by atomic mass is 10.1. The Morgan fingerprint density at radius 1 is 1.17 bits per heavy atom. The van der Waals surface area contributed by atoms with E-state index in [0.717, 1.165) is 38.3 Å². The highest BCUT2D eigenvalue weighted by Gasteiger charge is 2.25. The van der Waals surface area contributed by atoms with Crippen LogP contribution in [0.2, 0.25) is 0 Å². The molecule has 35 heavy (non-hydrogen) atoms. The van der Waals surface area contributed by atoms with Gasteiger partial charge in [-0.25, -0.2) is 0 Å². The van der Waals surface area contributed by atoms with Gasteiger partial charge in [0.05, 0.1) is 7.11 Å². The molecule has 0 spiro atoms. The van der Waals surface area contributed by atoms with Gasteiger partial charge in [0, 0.05) is 69.8 Å². The van der Waals surface area contributed by atoms with Crippen LogP contribution in [0.25, 0.3) is 6.08 Å². The SMILES string of the molecule is COc1cc(=O)n2c(c1C(=O)NCCCn1cccn1)CCN(CC(C)=Cc1ccccc1)CC2. The van der Waals surface area contributed by atoms with E-state index in [4.69, 9.17) is 4.74 Å². The predicted molar refractivity (Wildman–Crippen MR) is 137 cm³/mol. The number of nitrogens with zero attached hydrogens (tertiary/aromatic N) is 4. The van der Waals surface area contributed by atoms with Crippen LogP contribution >= 0.6 is 0 Å². The summed E-state index contributed by atoms with van der Waals surface area (Å²) in [5.41, 5.74) is 3.50. The number of fused-ring (bicyclic) bond motifs is 1. The maximum atomic E-state index is 13.2. The Kier molecular flexibility index (Phi) is 8.15. The third kappa shape index (κ3) is 6.27. The first-order valence-corrected chi connectivity index (χ1v) is 12.1. The van der Waals surface area contributed by atoms with Gasteiger partial charge >= 0.3 is 0 Å². The standard InChI is InChI=1S/C27H33N5O3/c1-21(18-22-8-4-3-5-9-22)20-30-15-10-23-26(24(35-2)19-25(33)32(23)17-16-30)27(34)28-11-6-13-31-14-7-12-29-31/h3-5,7-9,12,14,18-19H,6,10-11,13,15-17,20H2,1-2H3,(H,28,34). The maximum absolute atomic E-state index is 13.2. The molecule has 8 nitrogen and oxygen atoms in total. The number of rotatable bonds is 9. The molecule has 0 fully saturated rings. The van der Waals surface area contributed by atoms with Crippen molar-refractivity contribution in [1.82, 2.24) is 24.6 Å². The topological polar surface area (TPSA) is 81.4 Å². The molecule has 184 valence electrons. The van der Waals surface area contributed by atoms with Gasteiger partial charge in [-0.05, 0) is 25.0 Å².